The highest BCUT2D eigenvalue weighted by molar-refractivity contribution is 7.95. The Kier molecular flexibility index (Phi) is 21.7. The maximum atomic E-state index is 11.2. The highest BCUT2D eigenvalue weighted by Crippen LogP contribution is 2.22. The molecule has 11 heteroatoms. The minimum atomic E-state index is -0.307. The Morgan fingerprint density at radius 2 is 1.10 bits per heavy atom. The molecule has 0 saturated heterocycles. The van der Waals surface area contributed by atoms with E-state index in [1.165, 1.54) is 29.1 Å². The van der Waals surface area contributed by atoms with Gasteiger partial charge in [0.1, 0.15) is 24.1 Å². The van der Waals surface area contributed by atoms with Crippen molar-refractivity contribution in [3.8, 4) is 11.5 Å². The van der Waals surface area contributed by atoms with E-state index in [4.69, 9.17) is 14.3 Å². The number of nitrogens with zero attached hydrogens (tertiary/aromatic N) is 2. The molecule has 4 aromatic carbocycles. The van der Waals surface area contributed by atoms with E-state index in [9.17, 15) is 9.59 Å². The standard InChI is InChI=1S/C18H20N2O2S.C10H15NO.C9H13NO.CH3NO/c21-13-17(11-15-7-3-1-4-8-15)19-23-20-18(14-22)12-16-9-5-2-6-10-16;1-8-7-9(12-4)5-6-10(8)11(2)3;1-10(2)8-4-6-9(11-3)7-5-8;2-1-3/h1-10,13-14,17-20H,11-12H2;5-7H,1-4H3;4-7H,1-3H3;1H,(H2,2,3)/t17-,18?;;;/m0.../s1. The van der Waals surface area contributed by atoms with Gasteiger partial charge in [-0.25, -0.2) is 9.44 Å². The van der Waals surface area contributed by atoms with E-state index < -0.39 is 0 Å². The molecule has 10 nitrogen and oxygen atoms in total. The van der Waals surface area contributed by atoms with Crippen LogP contribution in [0.25, 0.3) is 0 Å². The van der Waals surface area contributed by atoms with Crippen LogP contribution in [0.5, 0.6) is 11.5 Å². The molecule has 0 radical (unpaired) electrons. The van der Waals surface area contributed by atoms with Crippen molar-refractivity contribution in [2.75, 3.05) is 52.2 Å². The molecule has 1 amide bonds. The quantitative estimate of drug-likeness (QED) is 0.119. The first-order chi connectivity index (χ1) is 23.6. The van der Waals surface area contributed by atoms with Crippen LogP contribution in [-0.4, -0.2) is 73.5 Å². The van der Waals surface area contributed by atoms with Gasteiger partial charge in [0, 0.05) is 51.7 Å². The Bertz CT molecular complexity index is 1410. The number of nitrogens with two attached hydrogens (primary N) is 1. The molecule has 264 valence electrons. The first kappa shape index (κ1) is 42.2. The van der Waals surface area contributed by atoms with E-state index in [2.05, 4.69) is 38.0 Å². The Balaban J connectivity index is 0.000000387. The van der Waals surface area contributed by atoms with Crippen molar-refractivity contribution < 1.29 is 23.9 Å². The molecule has 4 aromatic rings. The summed E-state index contributed by atoms with van der Waals surface area (Å²) in [5.41, 5.74) is 10.0. The van der Waals surface area contributed by atoms with Gasteiger partial charge in [0.15, 0.2) is 0 Å². The van der Waals surface area contributed by atoms with Gasteiger partial charge in [-0.15, -0.1) is 0 Å². The molecule has 49 heavy (non-hydrogen) atoms. The normalized spacial score (nSPS) is 10.9. The van der Waals surface area contributed by atoms with Crippen LogP contribution in [0.3, 0.4) is 0 Å². The lowest BCUT2D eigenvalue weighted by atomic mass is 10.1. The summed E-state index contributed by atoms with van der Waals surface area (Å²) in [5, 5.41) is 0. The van der Waals surface area contributed by atoms with Gasteiger partial charge in [0.05, 0.1) is 26.3 Å². The number of methoxy groups -OCH3 is 2. The monoisotopic (exact) mass is 689 g/mol. The molecule has 0 fully saturated rings. The topological polar surface area (TPSA) is 126 Å². The zero-order valence-electron chi connectivity index (χ0n) is 29.5. The second-order valence-corrected chi connectivity index (χ2v) is 11.7. The van der Waals surface area contributed by atoms with Crippen LogP contribution >= 0.6 is 12.1 Å². The predicted molar refractivity (Wildman–Crippen MR) is 203 cm³/mol. The average Bonchev–Trinajstić information content (AvgIpc) is 3.12. The van der Waals surface area contributed by atoms with Crippen LogP contribution in [0.2, 0.25) is 0 Å². The lowest BCUT2D eigenvalue weighted by Crippen LogP contribution is -2.35. The number of aldehydes is 2. The van der Waals surface area contributed by atoms with Crippen LogP contribution in [0, 0.1) is 6.92 Å². The van der Waals surface area contributed by atoms with E-state index in [0.29, 0.717) is 12.8 Å². The number of amides is 1. The van der Waals surface area contributed by atoms with Gasteiger partial charge >= 0.3 is 0 Å². The summed E-state index contributed by atoms with van der Waals surface area (Å²) in [6, 6.07) is 33.1. The van der Waals surface area contributed by atoms with Crippen LogP contribution in [0.4, 0.5) is 11.4 Å². The van der Waals surface area contributed by atoms with Crippen LogP contribution < -0.4 is 34.5 Å². The van der Waals surface area contributed by atoms with Crippen molar-refractivity contribution in [2.24, 2.45) is 5.73 Å². The Hall–Kier alpha value is -4.84. The molecule has 0 aliphatic carbocycles. The van der Waals surface area contributed by atoms with E-state index >= 15 is 0 Å². The van der Waals surface area contributed by atoms with E-state index in [1.807, 2.05) is 125 Å². The van der Waals surface area contributed by atoms with Gasteiger partial charge in [-0.05, 0) is 78.9 Å². The van der Waals surface area contributed by atoms with Gasteiger partial charge in [-0.2, -0.15) is 0 Å². The third-order valence-electron chi connectivity index (χ3n) is 6.82. The van der Waals surface area contributed by atoms with Crippen molar-refractivity contribution in [1.29, 1.82) is 0 Å². The molecule has 4 N–H and O–H groups in total. The van der Waals surface area contributed by atoms with E-state index in [1.54, 1.807) is 14.2 Å². The average molecular weight is 690 g/mol. The van der Waals surface area contributed by atoms with Gasteiger partial charge < -0.3 is 34.6 Å². The van der Waals surface area contributed by atoms with Gasteiger partial charge in [0.25, 0.3) is 0 Å². The molecule has 2 atom stereocenters. The van der Waals surface area contributed by atoms with Crippen molar-refractivity contribution in [3.63, 3.8) is 0 Å². The summed E-state index contributed by atoms with van der Waals surface area (Å²) in [6.45, 7) is 2.08. The number of carbonyl (C=O) groups is 3. The van der Waals surface area contributed by atoms with Gasteiger partial charge in [-0.1, -0.05) is 60.7 Å². The summed E-state index contributed by atoms with van der Waals surface area (Å²) < 4.78 is 16.2. The summed E-state index contributed by atoms with van der Waals surface area (Å²) in [4.78, 5) is 35.1. The molecule has 0 saturated carbocycles. The third-order valence-corrected chi connectivity index (χ3v) is 7.66. The number of hydrogen-bond acceptors (Lipinski definition) is 10. The zero-order chi connectivity index (χ0) is 36.4. The Morgan fingerprint density at radius 1 is 0.673 bits per heavy atom. The number of hydrogen-bond donors (Lipinski definition) is 3. The first-order valence-corrected chi connectivity index (χ1v) is 16.4. The Labute approximate surface area is 296 Å². The van der Waals surface area contributed by atoms with Crippen LogP contribution in [0.15, 0.2) is 103 Å². The van der Waals surface area contributed by atoms with Crippen LogP contribution in [0.1, 0.15) is 16.7 Å². The maximum Gasteiger partial charge on any atom is 0.204 e. The first-order valence-electron chi connectivity index (χ1n) is 15.6. The number of benzene rings is 4. The Morgan fingerprint density at radius 3 is 1.45 bits per heavy atom. The molecule has 1 unspecified atom stereocenters. The SMILES string of the molecule is COc1ccc(N(C)C)c(C)c1.COc1ccc(N(C)C)cc1.NC=O.O=CC(Cc1ccccc1)NSN[C@H](C=O)Cc1ccccc1. The van der Waals surface area contributed by atoms with E-state index in [-0.39, 0.29) is 18.5 Å². The van der Waals surface area contributed by atoms with E-state index in [0.717, 1.165) is 35.2 Å². The molecular weight excluding hydrogens is 639 g/mol. The minimum absolute atomic E-state index is 0.250. The third kappa shape index (κ3) is 17.8. The fourth-order valence-corrected chi connectivity index (χ4v) is 4.94. The molecule has 0 aliphatic rings. The summed E-state index contributed by atoms with van der Waals surface area (Å²) in [7, 11) is 11.5. The van der Waals surface area contributed by atoms with Crippen molar-refractivity contribution in [2.45, 2.75) is 31.8 Å². The minimum Gasteiger partial charge on any atom is -0.497 e. The number of aryl methyl sites for hydroxylation is 1. The smallest absolute Gasteiger partial charge is 0.204 e. The molecule has 0 heterocycles. The maximum absolute atomic E-state index is 11.2. The van der Waals surface area contributed by atoms with Crippen LogP contribution in [-0.2, 0) is 27.2 Å². The number of rotatable bonds is 14. The highest BCUT2D eigenvalue weighted by Gasteiger charge is 2.11. The van der Waals surface area contributed by atoms with Crippen molar-refractivity contribution >= 4 is 42.5 Å². The fourth-order valence-electron chi connectivity index (χ4n) is 4.29. The number of primary amides is 1. The predicted octanol–water partition coefficient (Wildman–Crippen LogP) is 5.28. The number of ether oxygens (including phenoxy) is 2. The summed E-state index contributed by atoms with van der Waals surface area (Å²) in [6.07, 6.45) is 3.25. The molecule has 4 rings (SSSR count). The number of carbonyl (C=O) groups excluding carboxylic acids is 3. The summed E-state index contributed by atoms with van der Waals surface area (Å²) >= 11 is 1.19. The molecule has 0 aliphatic heterocycles. The van der Waals surface area contributed by atoms with Crippen molar-refractivity contribution in [3.05, 3.63) is 120 Å². The molecule has 0 bridgehead atoms. The second-order valence-electron chi connectivity index (χ2n) is 11.0. The molecule has 0 spiro atoms. The lowest BCUT2D eigenvalue weighted by molar-refractivity contribution is -0.109. The second kappa shape index (κ2) is 25.2. The lowest BCUT2D eigenvalue weighted by Gasteiger charge is -2.15. The molecular formula is C38H51N5O5S. The molecule has 0 aromatic heterocycles. The van der Waals surface area contributed by atoms with Crippen molar-refractivity contribution in [1.82, 2.24) is 9.44 Å². The van der Waals surface area contributed by atoms with Gasteiger partial charge in [0.2, 0.25) is 6.41 Å². The fraction of sp³-hybridized carbons (Fsp3) is 0.289. The zero-order valence-corrected chi connectivity index (χ0v) is 30.4. The largest absolute Gasteiger partial charge is 0.497 e. The summed E-state index contributed by atoms with van der Waals surface area (Å²) in [5.74, 6) is 1.81. The number of anilines is 2. The number of nitrogens with one attached hydrogen (secondary N) is 2. The highest BCUT2D eigenvalue weighted by atomic mass is 32.2. The van der Waals surface area contributed by atoms with Gasteiger partial charge in [-0.3, -0.25) is 4.79 Å².